The molecule has 0 radical (unpaired) electrons. The third kappa shape index (κ3) is 3.46. The van der Waals surface area contributed by atoms with Crippen LogP contribution in [0.25, 0.3) is 0 Å². The standard InChI is InChI=1S/C18H20ClN3O2/c1-12-9-16(17(24-2)10-14(12)19)21-13-5-6-15(20-11-13)18(23)22-7-3-4-8-22/h5-6,9-11,21H,3-4,7-8H2,1-2H3. The van der Waals surface area contributed by atoms with Crippen LogP contribution in [0.2, 0.25) is 5.02 Å². The molecule has 0 aliphatic carbocycles. The maximum atomic E-state index is 12.3. The van der Waals surface area contributed by atoms with Gasteiger partial charge < -0.3 is 15.0 Å². The van der Waals surface area contributed by atoms with Crippen molar-refractivity contribution in [1.29, 1.82) is 0 Å². The Labute approximate surface area is 146 Å². The van der Waals surface area contributed by atoms with Crippen LogP contribution in [0.1, 0.15) is 28.9 Å². The Morgan fingerprint density at radius 3 is 2.67 bits per heavy atom. The van der Waals surface area contributed by atoms with E-state index >= 15 is 0 Å². The van der Waals surface area contributed by atoms with E-state index in [-0.39, 0.29) is 5.91 Å². The molecule has 0 unspecified atom stereocenters. The fourth-order valence-electron chi connectivity index (χ4n) is 2.76. The van der Waals surface area contributed by atoms with E-state index in [0.717, 1.165) is 42.9 Å². The van der Waals surface area contributed by atoms with Gasteiger partial charge in [0.25, 0.3) is 5.91 Å². The number of amides is 1. The van der Waals surface area contributed by atoms with Crippen molar-refractivity contribution in [3.63, 3.8) is 0 Å². The van der Waals surface area contributed by atoms with Crippen molar-refractivity contribution in [2.45, 2.75) is 19.8 Å². The van der Waals surface area contributed by atoms with Crippen molar-refractivity contribution in [3.8, 4) is 5.75 Å². The van der Waals surface area contributed by atoms with E-state index in [0.29, 0.717) is 16.5 Å². The minimum Gasteiger partial charge on any atom is -0.495 e. The van der Waals surface area contributed by atoms with Gasteiger partial charge in [-0.2, -0.15) is 0 Å². The molecule has 126 valence electrons. The van der Waals surface area contributed by atoms with Gasteiger partial charge in [0.1, 0.15) is 11.4 Å². The maximum absolute atomic E-state index is 12.3. The highest BCUT2D eigenvalue weighted by atomic mass is 35.5. The maximum Gasteiger partial charge on any atom is 0.272 e. The number of carbonyl (C=O) groups excluding carboxylic acids is 1. The summed E-state index contributed by atoms with van der Waals surface area (Å²) in [6.45, 7) is 3.58. The first-order valence-corrected chi connectivity index (χ1v) is 8.33. The van der Waals surface area contributed by atoms with Crippen LogP contribution in [0.3, 0.4) is 0 Å². The molecule has 5 nitrogen and oxygen atoms in total. The van der Waals surface area contributed by atoms with Crippen LogP contribution >= 0.6 is 11.6 Å². The molecule has 1 fully saturated rings. The van der Waals surface area contributed by atoms with Crippen molar-refractivity contribution in [1.82, 2.24) is 9.88 Å². The quantitative estimate of drug-likeness (QED) is 0.908. The number of hydrogen-bond acceptors (Lipinski definition) is 4. The molecule has 0 atom stereocenters. The third-order valence-corrected chi connectivity index (χ3v) is 4.54. The summed E-state index contributed by atoms with van der Waals surface area (Å²) < 4.78 is 5.35. The van der Waals surface area contributed by atoms with E-state index in [2.05, 4.69) is 10.3 Å². The molecule has 1 amide bonds. The lowest BCUT2D eigenvalue weighted by molar-refractivity contribution is 0.0787. The van der Waals surface area contributed by atoms with Crippen molar-refractivity contribution in [2.75, 3.05) is 25.5 Å². The van der Waals surface area contributed by atoms with Crippen LogP contribution < -0.4 is 10.1 Å². The number of hydrogen-bond donors (Lipinski definition) is 1. The molecule has 1 aliphatic rings. The van der Waals surface area contributed by atoms with E-state index in [4.69, 9.17) is 16.3 Å². The Morgan fingerprint density at radius 1 is 1.29 bits per heavy atom. The van der Waals surface area contributed by atoms with Crippen molar-refractivity contribution in [2.24, 2.45) is 0 Å². The van der Waals surface area contributed by atoms with Crippen LogP contribution in [0.4, 0.5) is 11.4 Å². The Morgan fingerprint density at radius 2 is 2.04 bits per heavy atom. The van der Waals surface area contributed by atoms with Gasteiger partial charge in [-0.3, -0.25) is 4.79 Å². The van der Waals surface area contributed by atoms with E-state index in [9.17, 15) is 4.79 Å². The molecule has 6 heteroatoms. The number of anilines is 2. The summed E-state index contributed by atoms with van der Waals surface area (Å²) in [5.74, 6) is 0.654. The molecule has 24 heavy (non-hydrogen) atoms. The highest BCUT2D eigenvalue weighted by Crippen LogP contribution is 2.32. The van der Waals surface area contributed by atoms with Gasteiger partial charge in [0.15, 0.2) is 0 Å². The van der Waals surface area contributed by atoms with Gasteiger partial charge in [0.2, 0.25) is 0 Å². The first-order valence-electron chi connectivity index (χ1n) is 7.95. The molecule has 0 spiro atoms. The normalized spacial score (nSPS) is 13.9. The largest absolute Gasteiger partial charge is 0.495 e. The molecule has 1 aliphatic heterocycles. The number of nitrogens with zero attached hydrogens (tertiary/aromatic N) is 2. The van der Waals surface area contributed by atoms with Gasteiger partial charge in [-0.15, -0.1) is 0 Å². The summed E-state index contributed by atoms with van der Waals surface area (Å²) in [6, 6.07) is 7.29. The molecular weight excluding hydrogens is 326 g/mol. The van der Waals surface area contributed by atoms with E-state index in [1.165, 1.54) is 0 Å². The second-order valence-electron chi connectivity index (χ2n) is 5.86. The zero-order valence-electron chi connectivity index (χ0n) is 13.8. The SMILES string of the molecule is COc1cc(Cl)c(C)cc1Nc1ccc(C(=O)N2CCCC2)nc1. The number of nitrogens with one attached hydrogen (secondary N) is 1. The smallest absolute Gasteiger partial charge is 0.272 e. The number of benzene rings is 1. The summed E-state index contributed by atoms with van der Waals surface area (Å²) in [4.78, 5) is 18.4. The molecule has 0 saturated carbocycles. The highest BCUT2D eigenvalue weighted by molar-refractivity contribution is 6.31. The zero-order valence-corrected chi connectivity index (χ0v) is 14.6. The lowest BCUT2D eigenvalue weighted by Crippen LogP contribution is -2.28. The Hall–Kier alpha value is -2.27. The summed E-state index contributed by atoms with van der Waals surface area (Å²) in [5, 5.41) is 3.91. The minimum atomic E-state index is -0.000956. The second-order valence-corrected chi connectivity index (χ2v) is 6.27. The fraction of sp³-hybridized carbons (Fsp3) is 0.333. The number of aryl methyl sites for hydroxylation is 1. The number of aromatic nitrogens is 1. The number of methoxy groups -OCH3 is 1. The topological polar surface area (TPSA) is 54.5 Å². The Balaban J connectivity index is 1.77. The van der Waals surface area contributed by atoms with Gasteiger partial charge >= 0.3 is 0 Å². The van der Waals surface area contributed by atoms with Crippen LogP contribution in [0, 0.1) is 6.92 Å². The Kier molecular flexibility index (Phi) is 4.90. The van der Waals surface area contributed by atoms with Gasteiger partial charge in [0, 0.05) is 24.2 Å². The van der Waals surface area contributed by atoms with Gasteiger partial charge in [-0.1, -0.05) is 11.6 Å². The average molecular weight is 346 g/mol. The third-order valence-electron chi connectivity index (χ3n) is 4.14. The van der Waals surface area contributed by atoms with E-state index in [1.807, 2.05) is 24.0 Å². The first kappa shape index (κ1) is 16.6. The van der Waals surface area contributed by atoms with Crippen molar-refractivity contribution in [3.05, 3.63) is 46.7 Å². The minimum absolute atomic E-state index is 0.000956. The summed E-state index contributed by atoms with van der Waals surface area (Å²) in [5.41, 5.74) is 3.02. The number of halogens is 1. The monoisotopic (exact) mass is 345 g/mol. The van der Waals surface area contributed by atoms with Gasteiger partial charge in [-0.25, -0.2) is 4.98 Å². The average Bonchev–Trinajstić information content (AvgIpc) is 3.12. The lowest BCUT2D eigenvalue weighted by Gasteiger charge is -2.15. The molecule has 1 aromatic carbocycles. The molecule has 3 rings (SSSR count). The van der Waals surface area contributed by atoms with Crippen LogP contribution in [0.15, 0.2) is 30.5 Å². The van der Waals surface area contributed by atoms with Crippen molar-refractivity contribution >= 4 is 28.9 Å². The molecule has 1 aromatic heterocycles. The molecule has 0 bridgehead atoms. The van der Waals surface area contributed by atoms with Crippen molar-refractivity contribution < 1.29 is 9.53 Å². The predicted molar refractivity (Wildman–Crippen MR) is 95.4 cm³/mol. The molecule has 1 saturated heterocycles. The van der Waals surface area contributed by atoms with E-state index in [1.54, 1.807) is 25.4 Å². The predicted octanol–water partition coefficient (Wildman–Crippen LogP) is 4.03. The van der Waals surface area contributed by atoms with E-state index < -0.39 is 0 Å². The number of ether oxygens (including phenoxy) is 1. The molecular formula is C18H20ClN3O2. The summed E-state index contributed by atoms with van der Waals surface area (Å²) >= 11 is 6.12. The summed E-state index contributed by atoms with van der Waals surface area (Å²) in [6.07, 6.45) is 3.80. The first-order chi connectivity index (χ1) is 11.6. The lowest BCUT2D eigenvalue weighted by atomic mass is 10.2. The number of pyridine rings is 1. The summed E-state index contributed by atoms with van der Waals surface area (Å²) in [7, 11) is 1.60. The molecule has 1 N–H and O–H groups in total. The van der Waals surface area contributed by atoms with Crippen LogP contribution in [0.5, 0.6) is 5.75 Å². The number of carbonyl (C=O) groups is 1. The fourth-order valence-corrected chi connectivity index (χ4v) is 2.92. The molecule has 2 aromatic rings. The number of likely N-dealkylation sites (tertiary alicyclic amines) is 1. The Bertz CT molecular complexity index is 741. The van der Waals surface area contributed by atoms with Crippen LogP contribution in [-0.2, 0) is 0 Å². The second kappa shape index (κ2) is 7.09. The van der Waals surface area contributed by atoms with Gasteiger partial charge in [-0.05, 0) is 43.5 Å². The molecule has 2 heterocycles. The zero-order chi connectivity index (χ0) is 17.1. The van der Waals surface area contributed by atoms with Crippen LogP contribution in [-0.4, -0.2) is 36.0 Å². The number of rotatable bonds is 4. The highest BCUT2D eigenvalue weighted by Gasteiger charge is 2.20. The van der Waals surface area contributed by atoms with Gasteiger partial charge in [0.05, 0.1) is 24.7 Å².